The van der Waals surface area contributed by atoms with Crippen LogP contribution in [0.25, 0.3) is 0 Å². The summed E-state index contributed by atoms with van der Waals surface area (Å²) in [5, 5.41) is 2.75. The molecule has 36 valence electrons. The van der Waals surface area contributed by atoms with E-state index in [-0.39, 0.29) is 18.9 Å². The molecule has 0 aromatic rings. The van der Waals surface area contributed by atoms with Crippen molar-refractivity contribution in [2.75, 3.05) is 6.54 Å². The second kappa shape index (κ2) is 6.71. The van der Waals surface area contributed by atoms with Crippen molar-refractivity contribution in [3.05, 3.63) is 0 Å². The zero-order valence-electron chi connectivity index (χ0n) is 4.52. The Labute approximate surface area is 66.8 Å². The first-order chi connectivity index (χ1) is 2.77. The van der Waals surface area contributed by atoms with Crippen LogP contribution in [0.3, 0.4) is 0 Å². The number of rotatable bonds is 1. The summed E-state index contributed by atoms with van der Waals surface area (Å²) in [6.45, 7) is 2.79. The van der Waals surface area contributed by atoms with E-state index in [2.05, 4.69) is 30.2 Å². The molecule has 0 saturated heterocycles. The van der Waals surface area contributed by atoms with Gasteiger partial charge in [0.2, 0.25) is 0 Å². The maximum atomic E-state index is 4.50. The van der Waals surface area contributed by atoms with E-state index in [1.807, 2.05) is 6.92 Å². The van der Waals surface area contributed by atoms with Crippen molar-refractivity contribution in [3.63, 3.8) is 0 Å². The summed E-state index contributed by atoms with van der Waals surface area (Å²) in [6, 6.07) is 0. The molecular weight excluding hydrogens is 121 g/mol. The van der Waals surface area contributed by atoms with Gasteiger partial charge in [-0.1, -0.05) is 4.32 Å². The third-order valence-corrected chi connectivity index (χ3v) is 0.610. The number of nitrogens with one attached hydrogen (secondary N) is 1. The Balaban J connectivity index is 0. The van der Waals surface area contributed by atoms with Crippen LogP contribution < -0.4 is 24.2 Å². The van der Waals surface area contributed by atoms with Gasteiger partial charge in [0.25, 0.3) is 0 Å². The van der Waals surface area contributed by atoms with Crippen molar-refractivity contribution in [2.45, 2.75) is 6.92 Å². The molecule has 0 rings (SSSR count). The van der Waals surface area contributed by atoms with E-state index in [9.17, 15) is 0 Å². The van der Waals surface area contributed by atoms with Crippen LogP contribution in [-0.4, -0.2) is 10.9 Å². The summed E-state index contributed by atoms with van der Waals surface area (Å²) in [5.41, 5.74) is 0. The maximum absolute atomic E-state index is 4.50. The van der Waals surface area contributed by atoms with Gasteiger partial charge in [0.15, 0.2) is 0 Å². The predicted octanol–water partition coefficient (Wildman–Crippen LogP) is -2.57. The number of thiocarbonyl (C=S) groups is 1. The van der Waals surface area contributed by atoms with Gasteiger partial charge < -0.3 is 30.2 Å². The van der Waals surface area contributed by atoms with E-state index in [4.69, 9.17) is 0 Å². The van der Waals surface area contributed by atoms with Crippen molar-refractivity contribution < 1.29 is 18.9 Å². The van der Waals surface area contributed by atoms with Gasteiger partial charge >= 0.3 is 18.9 Å². The average Bonchev–Trinajstić information content (AvgIpc) is 1.35. The van der Waals surface area contributed by atoms with E-state index in [0.717, 1.165) is 6.54 Å². The molecular formula is C3H6LiNS2. The summed E-state index contributed by atoms with van der Waals surface area (Å²) in [7, 11) is 0. The molecule has 0 bridgehead atoms. The minimum atomic E-state index is 0. The molecule has 0 spiro atoms. The quantitative estimate of drug-likeness (QED) is 0.236. The van der Waals surface area contributed by atoms with Crippen LogP contribution in [0.5, 0.6) is 0 Å². The van der Waals surface area contributed by atoms with Crippen LogP contribution in [0.4, 0.5) is 0 Å². The van der Waals surface area contributed by atoms with Gasteiger partial charge in [0, 0.05) is 6.54 Å². The van der Waals surface area contributed by atoms with E-state index in [1.165, 1.54) is 0 Å². The van der Waals surface area contributed by atoms with Crippen molar-refractivity contribution in [1.82, 2.24) is 5.32 Å². The molecule has 4 heteroatoms. The zero-order valence-corrected chi connectivity index (χ0v) is 6.16. The average molecular weight is 127 g/mol. The van der Waals surface area contributed by atoms with Gasteiger partial charge in [-0.2, -0.15) is 0 Å². The number of hydrogen-bond acceptors (Lipinski definition) is 2. The SMILES string of the molecule is CCNC(=S)[S-].[Li+]. The van der Waals surface area contributed by atoms with Gasteiger partial charge in [0.05, 0.1) is 0 Å². The Hall–Kier alpha value is 0.707. The van der Waals surface area contributed by atoms with E-state index in [1.54, 1.807) is 0 Å². The molecule has 0 saturated carbocycles. The van der Waals surface area contributed by atoms with E-state index in [0.29, 0.717) is 4.32 Å². The molecule has 0 aromatic heterocycles. The second-order valence-electron chi connectivity index (χ2n) is 0.818. The fraction of sp³-hybridized carbons (Fsp3) is 0.667. The molecule has 0 atom stereocenters. The Morgan fingerprint density at radius 2 is 2.29 bits per heavy atom. The Kier molecular flexibility index (Phi) is 10.2. The molecule has 0 aliphatic rings. The molecule has 0 aromatic carbocycles. The van der Waals surface area contributed by atoms with Gasteiger partial charge in [-0.15, -0.1) is 0 Å². The van der Waals surface area contributed by atoms with Gasteiger partial charge in [-0.05, 0) is 6.92 Å². The Morgan fingerprint density at radius 3 is 2.29 bits per heavy atom. The Morgan fingerprint density at radius 1 is 1.86 bits per heavy atom. The summed E-state index contributed by atoms with van der Waals surface area (Å²) in [4.78, 5) is 0. The fourth-order valence-corrected chi connectivity index (χ4v) is 0.433. The van der Waals surface area contributed by atoms with Crippen LogP contribution in [0.1, 0.15) is 6.92 Å². The predicted molar refractivity (Wildman–Crippen MR) is 33.6 cm³/mol. The molecule has 0 aliphatic heterocycles. The molecule has 0 heterocycles. The fourth-order valence-electron chi connectivity index (χ4n) is 0.144. The van der Waals surface area contributed by atoms with Gasteiger partial charge in [-0.3, -0.25) is 0 Å². The molecule has 1 N–H and O–H groups in total. The van der Waals surface area contributed by atoms with Crippen LogP contribution in [-0.2, 0) is 12.6 Å². The first-order valence-corrected chi connectivity index (χ1v) is 2.54. The van der Waals surface area contributed by atoms with Gasteiger partial charge in [-0.25, -0.2) is 0 Å². The molecule has 0 aliphatic carbocycles. The molecule has 0 radical (unpaired) electrons. The van der Waals surface area contributed by atoms with E-state index >= 15 is 0 Å². The van der Waals surface area contributed by atoms with E-state index < -0.39 is 0 Å². The molecule has 0 amide bonds. The minimum absolute atomic E-state index is 0. The van der Waals surface area contributed by atoms with Crippen LogP contribution >= 0.6 is 12.2 Å². The van der Waals surface area contributed by atoms with Crippen molar-refractivity contribution >= 4 is 29.2 Å². The standard InChI is InChI=1S/C3H7NS2.Li/c1-2-4-3(5)6;/h2H2,1H3,(H2,4,5,6);/q;+1/p-1. The molecule has 0 unspecified atom stereocenters. The monoisotopic (exact) mass is 127 g/mol. The van der Waals surface area contributed by atoms with Crippen LogP contribution in [0.15, 0.2) is 0 Å². The van der Waals surface area contributed by atoms with Gasteiger partial charge in [0.1, 0.15) is 0 Å². The zero-order chi connectivity index (χ0) is 4.99. The molecule has 1 nitrogen and oxygen atoms in total. The smallest absolute Gasteiger partial charge is 0.412 e. The maximum Gasteiger partial charge on any atom is 1.00 e. The third kappa shape index (κ3) is 10.8. The summed E-state index contributed by atoms with van der Waals surface area (Å²) in [6.07, 6.45) is 0. The van der Waals surface area contributed by atoms with Crippen LogP contribution in [0.2, 0.25) is 0 Å². The van der Waals surface area contributed by atoms with Crippen molar-refractivity contribution in [1.29, 1.82) is 0 Å². The third-order valence-electron chi connectivity index (χ3n) is 0.321. The first-order valence-electron chi connectivity index (χ1n) is 1.72. The summed E-state index contributed by atoms with van der Waals surface area (Å²) >= 11 is 9.00. The first kappa shape index (κ1) is 10.6. The molecule has 0 fully saturated rings. The van der Waals surface area contributed by atoms with Crippen LogP contribution in [0, 0.1) is 0 Å². The largest absolute Gasteiger partial charge is 1.00 e. The normalized spacial score (nSPS) is 6.43. The summed E-state index contributed by atoms with van der Waals surface area (Å²) < 4.78 is 0.456. The minimum Gasteiger partial charge on any atom is -0.412 e. The van der Waals surface area contributed by atoms with Crippen molar-refractivity contribution in [2.24, 2.45) is 0 Å². The number of hydrogen-bond donors (Lipinski definition) is 1. The molecule has 7 heavy (non-hydrogen) atoms. The van der Waals surface area contributed by atoms with Crippen molar-refractivity contribution in [3.8, 4) is 0 Å². The summed E-state index contributed by atoms with van der Waals surface area (Å²) in [5.74, 6) is 0. The second-order valence-corrected chi connectivity index (χ2v) is 1.89. The Bertz CT molecular complexity index is 56.9. The topological polar surface area (TPSA) is 12.0 Å².